The molecule has 92 valence electrons. The monoisotopic (exact) mass is 244 g/mol. The van der Waals surface area contributed by atoms with Gasteiger partial charge in [0.1, 0.15) is 11.6 Å². The number of ether oxygens (including phenoxy) is 1. The minimum absolute atomic E-state index is 0.155. The first-order valence-electron chi connectivity index (χ1n) is 5.61. The molecule has 0 heterocycles. The summed E-state index contributed by atoms with van der Waals surface area (Å²) in [5.41, 5.74) is 1.18. The summed E-state index contributed by atoms with van der Waals surface area (Å²) in [7, 11) is 1.46. The van der Waals surface area contributed by atoms with Crippen LogP contribution in [-0.2, 0) is 6.42 Å². The van der Waals surface area contributed by atoms with Crippen LogP contribution in [0.2, 0.25) is 0 Å². The Morgan fingerprint density at radius 3 is 2.56 bits per heavy atom. The van der Waals surface area contributed by atoms with E-state index in [0.29, 0.717) is 5.75 Å². The Morgan fingerprint density at radius 1 is 1.17 bits per heavy atom. The third-order valence-electron chi connectivity index (χ3n) is 2.67. The zero-order valence-electron chi connectivity index (χ0n) is 10.0. The van der Waals surface area contributed by atoms with Gasteiger partial charge < -0.3 is 4.74 Å². The van der Waals surface area contributed by atoms with Crippen LogP contribution < -0.4 is 4.74 Å². The van der Waals surface area contributed by atoms with E-state index >= 15 is 0 Å². The molecule has 0 atom stereocenters. The molecular weight excluding hydrogens is 231 g/mol. The normalized spacial score (nSPS) is 10.1. The lowest BCUT2D eigenvalue weighted by Crippen LogP contribution is -2.06. The summed E-state index contributed by atoms with van der Waals surface area (Å²) in [5.74, 6) is -0.193. The Morgan fingerprint density at radius 2 is 1.89 bits per heavy atom. The van der Waals surface area contributed by atoms with Gasteiger partial charge in [0.05, 0.1) is 12.7 Å². The van der Waals surface area contributed by atoms with Crippen molar-refractivity contribution in [1.82, 2.24) is 0 Å². The van der Waals surface area contributed by atoms with Gasteiger partial charge >= 0.3 is 0 Å². The van der Waals surface area contributed by atoms with Crippen LogP contribution in [0.5, 0.6) is 5.75 Å². The molecule has 2 aromatic carbocycles. The lowest BCUT2D eigenvalue weighted by atomic mass is 10.0. The topological polar surface area (TPSA) is 26.3 Å². The van der Waals surface area contributed by atoms with Gasteiger partial charge in [-0.25, -0.2) is 4.39 Å². The van der Waals surface area contributed by atoms with Crippen molar-refractivity contribution >= 4 is 5.78 Å². The quantitative estimate of drug-likeness (QED) is 0.772. The Bertz CT molecular complexity index is 550. The molecule has 0 aliphatic carbocycles. The lowest BCUT2D eigenvalue weighted by Gasteiger charge is -2.07. The molecule has 0 aliphatic rings. The molecule has 0 amide bonds. The van der Waals surface area contributed by atoms with E-state index in [9.17, 15) is 9.18 Å². The highest BCUT2D eigenvalue weighted by Gasteiger charge is 2.13. The van der Waals surface area contributed by atoms with Crippen molar-refractivity contribution in [2.24, 2.45) is 0 Å². The van der Waals surface area contributed by atoms with Gasteiger partial charge in [-0.05, 0) is 23.8 Å². The number of benzene rings is 2. The molecule has 0 saturated carbocycles. The minimum Gasteiger partial charge on any atom is -0.496 e. The number of methoxy groups -OCH3 is 1. The van der Waals surface area contributed by atoms with Crippen LogP contribution in [0.25, 0.3) is 0 Å². The van der Waals surface area contributed by atoms with Gasteiger partial charge in [-0.1, -0.05) is 30.3 Å². The molecule has 0 aromatic heterocycles. The second-order valence-electron chi connectivity index (χ2n) is 3.93. The number of halogens is 1. The van der Waals surface area contributed by atoms with E-state index in [0.717, 1.165) is 5.56 Å². The summed E-state index contributed by atoms with van der Waals surface area (Å²) in [5, 5.41) is 0. The molecule has 0 N–H and O–H groups in total. The first-order valence-corrected chi connectivity index (χ1v) is 5.61. The summed E-state index contributed by atoms with van der Waals surface area (Å²) in [6.45, 7) is 0. The highest BCUT2D eigenvalue weighted by molar-refractivity contribution is 5.99. The first kappa shape index (κ1) is 12.3. The largest absolute Gasteiger partial charge is 0.496 e. The number of Topliss-reactive ketones (excluding diaryl/α,β-unsaturated/α-hetero) is 1. The molecule has 2 nitrogen and oxygen atoms in total. The molecule has 0 fully saturated rings. The van der Waals surface area contributed by atoms with E-state index in [2.05, 4.69) is 0 Å². The Labute approximate surface area is 105 Å². The van der Waals surface area contributed by atoms with Gasteiger partial charge in [-0.3, -0.25) is 4.79 Å². The molecule has 0 bridgehead atoms. The molecule has 0 spiro atoms. The maximum atomic E-state index is 13.2. The van der Waals surface area contributed by atoms with E-state index in [4.69, 9.17) is 4.74 Å². The predicted molar refractivity (Wildman–Crippen MR) is 67.4 cm³/mol. The van der Waals surface area contributed by atoms with Gasteiger partial charge in [-0.2, -0.15) is 0 Å². The molecule has 0 aliphatic heterocycles. The zero-order valence-corrected chi connectivity index (χ0v) is 10.0. The molecular formula is C15H13FO2. The van der Waals surface area contributed by atoms with E-state index in [1.807, 2.05) is 30.3 Å². The first-order chi connectivity index (χ1) is 8.70. The highest BCUT2D eigenvalue weighted by Crippen LogP contribution is 2.21. The van der Waals surface area contributed by atoms with Crippen molar-refractivity contribution < 1.29 is 13.9 Å². The summed E-state index contributed by atoms with van der Waals surface area (Å²) >= 11 is 0. The molecule has 2 rings (SSSR count). The second-order valence-corrected chi connectivity index (χ2v) is 3.93. The fourth-order valence-corrected chi connectivity index (χ4v) is 1.77. The van der Waals surface area contributed by atoms with Crippen molar-refractivity contribution in [1.29, 1.82) is 0 Å². The van der Waals surface area contributed by atoms with Crippen molar-refractivity contribution in [3.8, 4) is 5.75 Å². The van der Waals surface area contributed by atoms with Gasteiger partial charge in [0, 0.05) is 6.42 Å². The SMILES string of the molecule is COc1ccc(F)cc1C(=O)Cc1ccccc1. The van der Waals surface area contributed by atoms with E-state index in [1.165, 1.54) is 25.3 Å². The molecule has 0 radical (unpaired) electrons. The van der Waals surface area contributed by atoms with Crippen molar-refractivity contribution in [2.75, 3.05) is 7.11 Å². The van der Waals surface area contributed by atoms with Gasteiger partial charge in [-0.15, -0.1) is 0 Å². The van der Waals surface area contributed by atoms with Crippen LogP contribution in [0, 0.1) is 5.82 Å². The smallest absolute Gasteiger partial charge is 0.171 e. The van der Waals surface area contributed by atoms with Crippen molar-refractivity contribution in [2.45, 2.75) is 6.42 Å². The van der Waals surface area contributed by atoms with Crippen LogP contribution in [0.15, 0.2) is 48.5 Å². The number of rotatable bonds is 4. The van der Waals surface area contributed by atoms with Crippen LogP contribution in [-0.4, -0.2) is 12.9 Å². The average Bonchev–Trinajstić information content (AvgIpc) is 2.40. The maximum absolute atomic E-state index is 13.2. The maximum Gasteiger partial charge on any atom is 0.171 e. The van der Waals surface area contributed by atoms with Crippen molar-refractivity contribution in [3.63, 3.8) is 0 Å². The second kappa shape index (κ2) is 5.45. The number of ketones is 1. The summed E-state index contributed by atoms with van der Waals surface area (Å²) in [6.07, 6.45) is 0.237. The summed E-state index contributed by atoms with van der Waals surface area (Å²) in [4.78, 5) is 12.1. The Kier molecular flexibility index (Phi) is 3.72. The third kappa shape index (κ3) is 2.74. The number of carbonyl (C=O) groups excluding carboxylic acids is 1. The van der Waals surface area contributed by atoms with Gasteiger partial charge in [0.25, 0.3) is 0 Å². The zero-order chi connectivity index (χ0) is 13.0. The van der Waals surface area contributed by atoms with Crippen molar-refractivity contribution in [3.05, 3.63) is 65.5 Å². The number of carbonyl (C=O) groups is 1. The molecule has 0 unspecified atom stereocenters. The summed E-state index contributed by atoms with van der Waals surface area (Å²) < 4.78 is 18.2. The fourth-order valence-electron chi connectivity index (χ4n) is 1.77. The minimum atomic E-state index is -0.438. The average molecular weight is 244 g/mol. The summed E-state index contributed by atoms with van der Waals surface area (Å²) in [6, 6.07) is 13.3. The molecule has 3 heteroatoms. The van der Waals surface area contributed by atoms with Crippen LogP contribution in [0.4, 0.5) is 4.39 Å². The molecule has 18 heavy (non-hydrogen) atoms. The fraction of sp³-hybridized carbons (Fsp3) is 0.133. The number of hydrogen-bond donors (Lipinski definition) is 0. The lowest BCUT2D eigenvalue weighted by molar-refractivity contribution is 0.0989. The van der Waals surface area contributed by atoms with E-state index in [-0.39, 0.29) is 17.8 Å². The van der Waals surface area contributed by atoms with Gasteiger partial charge in [0.2, 0.25) is 0 Å². The predicted octanol–water partition coefficient (Wildman–Crippen LogP) is 3.26. The van der Waals surface area contributed by atoms with Crippen LogP contribution >= 0.6 is 0 Å². The standard InChI is InChI=1S/C15H13FO2/c1-18-15-8-7-12(16)10-13(15)14(17)9-11-5-3-2-4-6-11/h2-8,10H,9H2,1H3. The van der Waals surface area contributed by atoms with E-state index in [1.54, 1.807) is 0 Å². The van der Waals surface area contributed by atoms with E-state index < -0.39 is 5.82 Å². The number of hydrogen-bond acceptors (Lipinski definition) is 2. The third-order valence-corrected chi connectivity index (χ3v) is 2.67. The Balaban J connectivity index is 2.26. The van der Waals surface area contributed by atoms with Crippen LogP contribution in [0.3, 0.4) is 0 Å². The molecule has 0 saturated heterocycles. The Hall–Kier alpha value is -2.16. The van der Waals surface area contributed by atoms with Crippen LogP contribution in [0.1, 0.15) is 15.9 Å². The molecule has 2 aromatic rings. The van der Waals surface area contributed by atoms with Gasteiger partial charge in [0.15, 0.2) is 5.78 Å². The highest BCUT2D eigenvalue weighted by atomic mass is 19.1.